The summed E-state index contributed by atoms with van der Waals surface area (Å²) in [5.74, 6) is -4.59. The molecule has 0 radical (unpaired) electrons. The van der Waals surface area contributed by atoms with Crippen LogP contribution in [0.25, 0.3) is 0 Å². The molecule has 9 N–H and O–H groups in total. The molecule has 178 valence electrons. The Kier molecular flexibility index (Phi) is 12.4. The summed E-state index contributed by atoms with van der Waals surface area (Å²) in [7, 11) is 0. The highest BCUT2D eigenvalue weighted by atomic mass is 16.4. The number of aliphatic hydroxyl groups excluding tert-OH is 1. The average molecular weight is 446 g/mol. The molecule has 4 amide bonds. The molecule has 0 aliphatic heterocycles. The van der Waals surface area contributed by atoms with Crippen LogP contribution in [0.2, 0.25) is 0 Å². The maximum atomic E-state index is 12.8. The number of rotatable bonds is 14. The van der Waals surface area contributed by atoms with Crippen molar-refractivity contribution < 1.29 is 34.2 Å². The Hall–Kier alpha value is -2.73. The molecule has 0 aliphatic rings. The maximum absolute atomic E-state index is 12.8. The molecule has 0 aromatic rings. The monoisotopic (exact) mass is 445 g/mol. The summed E-state index contributed by atoms with van der Waals surface area (Å²) in [5.41, 5.74) is 10.6. The Morgan fingerprint density at radius 1 is 0.871 bits per heavy atom. The van der Waals surface area contributed by atoms with Crippen LogP contribution >= 0.6 is 0 Å². The van der Waals surface area contributed by atoms with Crippen molar-refractivity contribution in [1.29, 1.82) is 0 Å². The van der Waals surface area contributed by atoms with E-state index >= 15 is 0 Å². The van der Waals surface area contributed by atoms with Gasteiger partial charge in [-0.05, 0) is 24.7 Å². The molecule has 31 heavy (non-hydrogen) atoms. The van der Waals surface area contributed by atoms with E-state index in [9.17, 15) is 29.1 Å². The number of nitrogens with two attached hydrogens (primary N) is 2. The van der Waals surface area contributed by atoms with E-state index < -0.39 is 60.4 Å². The van der Waals surface area contributed by atoms with Gasteiger partial charge in [-0.3, -0.25) is 19.2 Å². The van der Waals surface area contributed by atoms with Crippen molar-refractivity contribution in [2.75, 3.05) is 6.61 Å². The van der Waals surface area contributed by atoms with E-state index in [4.69, 9.17) is 16.6 Å². The number of nitrogens with one attached hydrogen (secondary N) is 3. The van der Waals surface area contributed by atoms with Crippen LogP contribution in [0.1, 0.15) is 47.0 Å². The van der Waals surface area contributed by atoms with Gasteiger partial charge in [0.05, 0.1) is 6.61 Å². The molecule has 0 aromatic carbocycles. The topological polar surface area (TPSA) is 214 Å². The van der Waals surface area contributed by atoms with Gasteiger partial charge in [-0.25, -0.2) is 4.79 Å². The molecule has 0 spiro atoms. The van der Waals surface area contributed by atoms with E-state index in [0.29, 0.717) is 0 Å². The lowest BCUT2D eigenvalue weighted by Crippen LogP contribution is -2.58. The predicted molar refractivity (Wildman–Crippen MR) is 111 cm³/mol. The second kappa shape index (κ2) is 13.5. The first-order valence-electron chi connectivity index (χ1n) is 10.1. The SMILES string of the molecule is CC(C)CC(NC(=O)C(CCC(N)=O)NC(=O)C(N)CO)C(=O)NC(C(=O)O)C(C)C. The van der Waals surface area contributed by atoms with E-state index in [1.54, 1.807) is 13.8 Å². The van der Waals surface area contributed by atoms with Crippen LogP contribution in [-0.4, -0.2) is 70.6 Å². The molecular formula is C19H35N5O7. The van der Waals surface area contributed by atoms with Crippen LogP contribution in [-0.2, 0) is 24.0 Å². The van der Waals surface area contributed by atoms with E-state index in [1.807, 2.05) is 13.8 Å². The highest BCUT2D eigenvalue weighted by Gasteiger charge is 2.31. The Bertz CT molecular complexity index is 654. The molecule has 0 bridgehead atoms. The number of hydrogen-bond donors (Lipinski definition) is 7. The molecule has 0 saturated carbocycles. The van der Waals surface area contributed by atoms with Crippen molar-refractivity contribution in [2.24, 2.45) is 23.3 Å². The number of carboxylic acid groups (broad SMARTS) is 1. The van der Waals surface area contributed by atoms with Crippen LogP contribution in [0.4, 0.5) is 0 Å². The Labute approximate surface area is 181 Å². The Morgan fingerprint density at radius 2 is 1.39 bits per heavy atom. The van der Waals surface area contributed by atoms with E-state index in [2.05, 4.69) is 16.0 Å². The van der Waals surface area contributed by atoms with Gasteiger partial charge in [0.15, 0.2) is 0 Å². The number of carbonyl (C=O) groups is 5. The van der Waals surface area contributed by atoms with Crippen molar-refractivity contribution in [1.82, 2.24) is 16.0 Å². The van der Waals surface area contributed by atoms with Gasteiger partial charge in [0, 0.05) is 6.42 Å². The molecule has 4 unspecified atom stereocenters. The van der Waals surface area contributed by atoms with Gasteiger partial charge in [-0.2, -0.15) is 0 Å². The lowest BCUT2D eigenvalue weighted by molar-refractivity contribution is -0.143. The third kappa shape index (κ3) is 10.7. The van der Waals surface area contributed by atoms with Crippen LogP contribution < -0.4 is 27.4 Å². The second-order valence-corrected chi connectivity index (χ2v) is 8.11. The minimum absolute atomic E-state index is 0.0279. The summed E-state index contributed by atoms with van der Waals surface area (Å²) >= 11 is 0. The van der Waals surface area contributed by atoms with Crippen molar-refractivity contribution in [3.63, 3.8) is 0 Å². The molecule has 12 nitrogen and oxygen atoms in total. The number of carboxylic acids is 1. The first-order valence-corrected chi connectivity index (χ1v) is 10.1. The van der Waals surface area contributed by atoms with Gasteiger partial charge in [-0.1, -0.05) is 27.7 Å². The molecule has 0 aliphatic carbocycles. The standard InChI is InChI=1S/C19H35N5O7/c1-9(2)7-13(18(29)24-15(10(3)4)19(30)31)23-17(28)12(5-6-14(21)26)22-16(27)11(20)8-25/h9-13,15,25H,5-8,20H2,1-4H3,(H2,21,26)(H,22,27)(H,23,28)(H,24,29)(H,30,31). The molecule has 0 aromatic heterocycles. The summed E-state index contributed by atoms with van der Waals surface area (Å²) in [5, 5.41) is 25.5. The zero-order chi connectivity index (χ0) is 24.3. The molecule has 0 heterocycles. The summed E-state index contributed by atoms with van der Waals surface area (Å²) in [6.07, 6.45) is -0.165. The third-order valence-corrected chi connectivity index (χ3v) is 4.42. The highest BCUT2D eigenvalue weighted by molar-refractivity contribution is 5.94. The zero-order valence-electron chi connectivity index (χ0n) is 18.4. The van der Waals surface area contributed by atoms with Gasteiger partial charge in [0.25, 0.3) is 0 Å². The number of primary amides is 1. The fourth-order valence-corrected chi connectivity index (χ4v) is 2.66. The van der Waals surface area contributed by atoms with Gasteiger partial charge in [0.2, 0.25) is 23.6 Å². The van der Waals surface area contributed by atoms with E-state index in [0.717, 1.165) is 0 Å². The van der Waals surface area contributed by atoms with Crippen LogP contribution in [0.15, 0.2) is 0 Å². The summed E-state index contributed by atoms with van der Waals surface area (Å²) < 4.78 is 0. The number of amides is 4. The Balaban J connectivity index is 5.51. The molecule has 0 fully saturated rings. The minimum atomic E-state index is -1.28. The van der Waals surface area contributed by atoms with Crippen LogP contribution in [0, 0.1) is 11.8 Å². The number of carbonyl (C=O) groups excluding carboxylic acids is 4. The zero-order valence-corrected chi connectivity index (χ0v) is 18.4. The highest BCUT2D eigenvalue weighted by Crippen LogP contribution is 2.09. The first kappa shape index (κ1) is 28.3. The second-order valence-electron chi connectivity index (χ2n) is 8.11. The van der Waals surface area contributed by atoms with Gasteiger partial charge in [0.1, 0.15) is 24.2 Å². The minimum Gasteiger partial charge on any atom is -0.480 e. The van der Waals surface area contributed by atoms with Gasteiger partial charge < -0.3 is 37.6 Å². The molecule has 0 rings (SSSR count). The normalized spacial score (nSPS) is 15.0. The van der Waals surface area contributed by atoms with Crippen LogP contribution in [0.3, 0.4) is 0 Å². The quantitative estimate of drug-likeness (QED) is 0.155. The van der Waals surface area contributed by atoms with Crippen molar-refractivity contribution in [2.45, 2.75) is 71.1 Å². The van der Waals surface area contributed by atoms with E-state index in [1.165, 1.54) is 0 Å². The number of aliphatic carboxylic acids is 1. The summed E-state index contributed by atoms with van der Waals surface area (Å²) in [4.78, 5) is 60.0. The Morgan fingerprint density at radius 3 is 1.81 bits per heavy atom. The lowest BCUT2D eigenvalue weighted by Gasteiger charge is -2.26. The van der Waals surface area contributed by atoms with E-state index in [-0.39, 0.29) is 31.1 Å². The van der Waals surface area contributed by atoms with Crippen molar-refractivity contribution in [3.05, 3.63) is 0 Å². The van der Waals surface area contributed by atoms with Crippen molar-refractivity contribution >= 4 is 29.6 Å². The molecule has 0 saturated heterocycles. The number of hydrogen-bond acceptors (Lipinski definition) is 7. The first-order chi connectivity index (χ1) is 14.3. The van der Waals surface area contributed by atoms with Crippen LogP contribution in [0.5, 0.6) is 0 Å². The summed E-state index contributed by atoms with van der Waals surface area (Å²) in [6.45, 7) is 6.25. The molecular weight excluding hydrogens is 410 g/mol. The molecule has 12 heteroatoms. The fourth-order valence-electron chi connectivity index (χ4n) is 2.66. The number of aliphatic hydroxyl groups is 1. The summed E-state index contributed by atoms with van der Waals surface area (Å²) in [6, 6.07) is -4.74. The maximum Gasteiger partial charge on any atom is 0.326 e. The molecule has 4 atom stereocenters. The predicted octanol–water partition coefficient (Wildman–Crippen LogP) is -2.19. The van der Waals surface area contributed by atoms with Crippen molar-refractivity contribution in [3.8, 4) is 0 Å². The third-order valence-electron chi connectivity index (χ3n) is 4.42. The smallest absolute Gasteiger partial charge is 0.326 e. The lowest BCUT2D eigenvalue weighted by atomic mass is 9.99. The average Bonchev–Trinajstić information content (AvgIpc) is 2.66. The largest absolute Gasteiger partial charge is 0.480 e. The van der Waals surface area contributed by atoms with Gasteiger partial charge >= 0.3 is 5.97 Å². The van der Waals surface area contributed by atoms with Gasteiger partial charge in [-0.15, -0.1) is 0 Å². The fraction of sp³-hybridized carbons (Fsp3) is 0.737.